The van der Waals surface area contributed by atoms with Gasteiger partial charge in [0, 0.05) is 35.8 Å². The van der Waals surface area contributed by atoms with Crippen molar-refractivity contribution in [3.63, 3.8) is 0 Å². The topological polar surface area (TPSA) is 105 Å². The van der Waals surface area contributed by atoms with Crippen molar-refractivity contribution in [2.24, 2.45) is 11.8 Å². The van der Waals surface area contributed by atoms with Crippen LogP contribution in [0.3, 0.4) is 0 Å². The van der Waals surface area contributed by atoms with Crippen molar-refractivity contribution in [1.82, 2.24) is 0 Å². The maximum absolute atomic E-state index is 13.6. The van der Waals surface area contributed by atoms with Gasteiger partial charge in [-0.05, 0) is 11.1 Å². The Morgan fingerprint density at radius 2 is 0.889 bits per heavy atom. The minimum Gasteiger partial charge on any atom is -0.490 e. The Morgan fingerprint density at radius 1 is 0.556 bits per heavy atom. The van der Waals surface area contributed by atoms with Crippen LogP contribution in [0, 0.1) is 11.8 Å². The summed E-state index contributed by atoms with van der Waals surface area (Å²) in [5.41, 5.74) is 1.55. The van der Waals surface area contributed by atoms with Gasteiger partial charge in [0.15, 0.2) is 11.6 Å². The molecule has 1 fully saturated rings. The summed E-state index contributed by atoms with van der Waals surface area (Å²) in [4.78, 5) is 51.3. The highest BCUT2D eigenvalue weighted by Crippen LogP contribution is 2.58. The molecular formula is C28H28O8. The molecule has 0 bridgehead atoms. The highest BCUT2D eigenvalue weighted by molar-refractivity contribution is 6.05. The van der Waals surface area contributed by atoms with Gasteiger partial charge in [0.1, 0.15) is 0 Å². The molecule has 2 aromatic rings. The zero-order valence-electron chi connectivity index (χ0n) is 20.5. The van der Waals surface area contributed by atoms with Crippen LogP contribution in [-0.4, -0.2) is 51.9 Å². The molecule has 36 heavy (non-hydrogen) atoms. The average Bonchev–Trinajstić information content (AvgIpc) is 2.90. The lowest BCUT2D eigenvalue weighted by Gasteiger charge is -2.50. The molecule has 0 amide bonds. The Kier molecular flexibility index (Phi) is 8.78. The van der Waals surface area contributed by atoms with E-state index in [1.165, 1.54) is 28.4 Å². The summed E-state index contributed by atoms with van der Waals surface area (Å²) in [5, 5.41) is 0. The van der Waals surface area contributed by atoms with E-state index in [1.54, 1.807) is 0 Å². The molecule has 8 nitrogen and oxygen atoms in total. The van der Waals surface area contributed by atoms with E-state index in [0.29, 0.717) is 0 Å². The molecule has 0 radical (unpaired) electrons. The molecule has 8 heteroatoms. The second kappa shape index (κ2) is 12.0. The molecular weight excluding hydrogens is 464 g/mol. The molecule has 0 N–H and O–H groups in total. The van der Waals surface area contributed by atoms with Gasteiger partial charge in [0.25, 0.3) is 0 Å². The molecule has 0 aliphatic heterocycles. The molecule has 1 aliphatic carbocycles. The van der Waals surface area contributed by atoms with Gasteiger partial charge in [0.05, 0.1) is 28.4 Å². The summed E-state index contributed by atoms with van der Waals surface area (Å²) < 4.78 is 19.6. The smallest absolute Gasteiger partial charge is 0.373 e. The van der Waals surface area contributed by atoms with Crippen molar-refractivity contribution in [3.05, 3.63) is 95.5 Å². The average molecular weight is 493 g/mol. The van der Waals surface area contributed by atoms with Gasteiger partial charge in [-0.1, -0.05) is 60.7 Å². The van der Waals surface area contributed by atoms with Crippen LogP contribution in [0.4, 0.5) is 0 Å². The first-order valence-corrected chi connectivity index (χ1v) is 11.2. The number of methoxy groups -OCH3 is 4. The van der Waals surface area contributed by atoms with E-state index in [2.05, 4.69) is 0 Å². The molecule has 0 saturated heterocycles. The van der Waals surface area contributed by atoms with E-state index in [0.717, 1.165) is 23.3 Å². The molecule has 0 atom stereocenters. The maximum atomic E-state index is 13.6. The first-order valence-electron chi connectivity index (χ1n) is 11.2. The Labute approximate surface area is 209 Å². The quantitative estimate of drug-likeness (QED) is 0.283. The van der Waals surface area contributed by atoms with E-state index in [4.69, 9.17) is 18.9 Å². The highest BCUT2D eigenvalue weighted by atomic mass is 16.6. The lowest BCUT2D eigenvalue weighted by molar-refractivity contribution is -0.141. The maximum Gasteiger partial charge on any atom is 0.373 e. The molecule has 0 aromatic heterocycles. The van der Waals surface area contributed by atoms with Crippen molar-refractivity contribution < 1.29 is 38.1 Å². The number of esters is 2. The second-order valence-electron chi connectivity index (χ2n) is 8.14. The van der Waals surface area contributed by atoms with Gasteiger partial charge in [0.2, 0.25) is 11.5 Å². The number of allylic oxidation sites excluding steroid dienone is 2. The van der Waals surface area contributed by atoms with Crippen molar-refractivity contribution in [2.75, 3.05) is 28.4 Å². The van der Waals surface area contributed by atoms with Gasteiger partial charge < -0.3 is 18.9 Å². The molecule has 1 saturated carbocycles. The number of hydrogen-bond acceptors (Lipinski definition) is 8. The predicted molar refractivity (Wildman–Crippen MR) is 130 cm³/mol. The van der Waals surface area contributed by atoms with Gasteiger partial charge >= 0.3 is 11.9 Å². The minimum atomic E-state index is -0.781. The van der Waals surface area contributed by atoms with Crippen LogP contribution in [-0.2, 0) is 38.1 Å². The third-order valence-corrected chi connectivity index (χ3v) is 6.33. The van der Waals surface area contributed by atoms with Crippen molar-refractivity contribution in [3.8, 4) is 0 Å². The number of hydrogen-bond donors (Lipinski definition) is 0. The Bertz CT molecular complexity index is 1070. The fourth-order valence-corrected chi connectivity index (χ4v) is 4.69. The third-order valence-electron chi connectivity index (χ3n) is 6.33. The third kappa shape index (κ3) is 5.38. The molecule has 0 heterocycles. The van der Waals surface area contributed by atoms with Crippen molar-refractivity contribution in [2.45, 2.75) is 11.8 Å². The molecule has 188 valence electrons. The normalized spacial score (nSPS) is 21.6. The zero-order chi connectivity index (χ0) is 26.2. The number of ketones is 2. The summed E-state index contributed by atoms with van der Waals surface area (Å²) >= 11 is 0. The lowest BCUT2D eigenvalue weighted by atomic mass is 9.50. The van der Waals surface area contributed by atoms with Crippen LogP contribution in [0.25, 0.3) is 0 Å². The van der Waals surface area contributed by atoms with E-state index in [9.17, 15) is 19.2 Å². The van der Waals surface area contributed by atoms with Crippen LogP contribution in [0.15, 0.2) is 84.3 Å². The molecule has 1 aliphatic rings. The van der Waals surface area contributed by atoms with Crippen LogP contribution in [0.5, 0.6) is 0 Å². The summed E-state index contributed by atoms with van der Waals surface area (Å²) in [6.07, 6.45) is 2.24. The zero-order valence-corrected chi connectivity index (χ0v) is 20.5. The second-order valence-corrected chi connectivity index (χ2v) is 8.14. The lowest BCUT2D eigenvalue weighted by Crippen LogP contribution is -2.50. The molecule has 0 unspecified atom stereocenters. The van der Waals surface area contributed by atoms with Crippen LogP contribution in [0.2, 0.25) is 0 Å². The van der Waals surface area contributed by atoms with Crippen LogP contribution >= 0.6 is 0 Å². The Balaban J connectivity index is 2.14. The highest BCUT2D eigenvalue weighted by Gasteiger charge is 2.57. The first kappa shape index (κ1) is 26.4. The van der Waals surface area contributed by atoms with Crippen molar-refractivity contribution >= 4 is 23.5 Å². The van der Waals surface area contributed by atoms with E-state index in [1.807, 2.05) is 60.7 Å². The Morgan fingerprint density at radius 3 is 1.17 bits per heavy atom. The van der Waals surface area contributed by atoms with Gasteiger partial charge in [-0.3, -0.25) is 9.59 Å². The molecule has 2 aromatic carbocycles. The van der Waals surface area contributed by atoms with Crippen molar-refractivity contribution in [1.29, 1.82) is 0 Å². The molecule has 3 rings (SSSR count). The summed E-state index contributed by atoms with van der Waals surface area (Å²) in [5.74, 6) is -5.22. The van der Waals surface area contributed by atoms with E-state index >= 15 is 0 Å². The summed E-state index contributed by atoms with van der Waals surface area (Å²) in [6.45, 7) is 0. The fourth-order valence-electron chi connectivity index (χ4n) is 4.69. The monoisotopic (exact) mass is 492 g/mol. The standard InChI is InChI=1S/C28H28O8/c1-33-21(27(31)35-3)15-19(29)25-23(17-11-7-5-8-12-17)26(24(25)18-13-9-6-10-14-18)20(30)16-22(34-2)28(32)36-4/h5-16,23-26H,1-4H3/b21-15+,22-16+. The van der Waals surface area contributed by atoms with Gasteiger partial charge in [-0.25, -0.2) is 9.59 Å². The SMILES string of the molecule is COC(=O)/C(=C\C(=O)C1C(c2ccccc2)C(C(=O)/C=C(/OC)C(=O)OC)C1c1ccccc1)OC. The Hall–Kier alpha value is -4.20. The van der Waals surface area contributed by atoms with E-state index < -0.39 is 35.6 Å². The summed E-state index contributed by atoms with van der Waals surface area (Å²) in [6, 6.07) is 18.3. The number of rotatable bonds is 10. The first-order chi connectivity index (χ1) is 17.4. The summed E-state index contributed by atoms with van der Waals surface area (Å²) in [7, 11) is 4.93. The number of carbonyl (C=O) groups is 4. The molecule has 0 spiro atoms. The van der Waals surface area contributed by atoms with E-state index in [-0.39, 0.29) is 23.1 Å². The largest absolute Gasteiger partial charge is 0.490 e. The fraction of sp³-hybridized carbons (Fsp3) is 0.286. The predicted octanol–water partition coefficient (Wildman–Crippen LogP) is 3.34. The minimum absolute atomic E-state index is 0.233. The van der Waals surface area contributed by atoms with Gasteiger partial charge in [-0.15, -0.1) is 0 Å². The number of ether oxygens (including phenoxy) is 4. The van der Waals surface area contributed by atoms with Crippen LogP contribution in [0.1, 0.15) is 23.0 Å². The van der Waals surface area contributed by atoms with Crippen LogP contribution < -0.4 is 0 Å². The number of carbonyl (C=O) groups excluding carboxylic acids is 4. The number of benzene rings is 2. The van der Waals surface area contributed by atoms with Gasteiger partial charge in [-0.2, -0.15) is 0 Å².